The molecule has 1 unspecified atom stereocenters. The van der Waals surface area contributed by atoms with Gasteiger partial charge in [0.1, 0.15) is 27.3 Å². The molecular formula is C31H37FN6O4S. The van der Waals surface area contributed by atoms with E-state index < -0.39 is 28.7 Å². The van der Waals surface area contributed by atoms with Crippen LogP contribution in [-0.4, -0.2) is 42.6 Å². The molecule has 43 heavy (non-hydrogen) atoms. The largest absolute Gasteiger partial charge is 0.369 e. The molecule has 0 radical (unpaired) electrons. The smallest absolute Gasteiger partial charge is 0.333 e. The summed E-state index contributed by atoms with van der Waals surface area (Å²) in [7, 11) is 0. The predicted octanol–water partition coefficient (Wildman–Crippen LogP) is 5.23. The first kappa shape index (κ1) is 32.0. The third-order valence-corrected chi connectivity index (χ3v) is 8.64. The molecule has 0 saturated heterocycles. The number of thiophene rings is 1. The van der Waals surface area contributed by atoms with Gasteiger partial charge in [-0.15, -0.1) is 4.80 Å². The summed E-state index contributed by atoms with van der Waals surface area (Å²) < 4.78 is 23.4. The molecule has 0 bridgehead atoms. The van der Waals surface area contributed by atoms with Gasteiger partial charge >= 0.3 is 5.69 Å². The first-order valence-corrected chi connectivity index (χ1v) is 15.1. The molecule has 0 fully saturated rings. The van der Waals surface area contributed by atoms with E-state index in [1.54, 1.807) is 26.8 Å². The number of aromatic nitrogens is 5. The zero-order chi connectivity index (χ0) is 31.6. The Kier molecular flexibility index (Phi) is 9.47. The van der Waals surface area contributed by atoms with Crippen molar-refractivity contribution < 1.29 is 13.9 Å². The van der Waals surface area contributed by atoms with Crippen molar-refractivity contribution in [2.45, 2.75) is 85.6 Å². The fourth-order valence-electron chi connectivity index (χ4n) is 5.22. The predicted molar refractivity (Wildman–Crippen MR) is 164 cm³/mol. The van der Waals surface area contributed by atoms with Gasteiger partial charge in [0.25, 0.3) is 5.56 Å². The van der Waals surface area contributed by atoms with Gasteiger partial charge in [-0.1, -0.05) is 31.3 Å². The van der Waals surface area contributed by atoms with Crippen LogP contribution in [-0.2, 0) is 28.0 Å². The lowest BCUT2D eigenvalue weighted by atomic mass is 9.91. The van der Waals surface area contributed by atoms with E-state index in [2.05, 4.69) is 15.0 Å². The van der Waals surface area contributed by atoms with Crippen molar-refractivity contribution in [3.63, 3.8) is 0 Å². The molecule has 0 saturated carbocycles. The molecule has 10 nitrogen and oxygen atoms in total. The highest BCUT2D eigenvalue weighted by Crippen LogP contribution is 2.33. The van der Waals surface area contributed by atoms with Crippen LogP contribution in [0.2, 0.25) is 0 Å². The summed E-state index contributed by atoms with van der Waals surface area (Å²) in [5, 5.41) is 9.29. The average Bonchev–Trinajstić information content (AvgIpc) is 3.57. The lowest BCUT2D eigenvalue weighted by Gasteiger charge is -2.29. The van der Waals surface area contributed by atoms with E-state index in [4.69, 9.17) is 11.3 Å². The SMILES string of the molecule is [C-]#[N+]CCc1ccc(F)cc1C(Cn1c(=O)n(C(C)(C)C(=O)CC(C)C)c(=O)c2c(C)c(-n3nccn3)sc21)OC(C)C. The molecule has 0 aliphatic heterocycles. The van der Waals surface area contributed by atoms with Crippen molar-refractivity contribution in [1.29, 1.82) is 0 Å². The molecule has 3 heterocycles. The first-order valence-electron chi connectivity index (χ1n) is 14.2. The molecule has 3 aromatic heterocycles. The number of ketones is 1. The van der Waals surface area contributed by atoms with Crippen molar-refractivity contribution in [2.24, 2.45) is 5.92 Å². The lowest BCUT2D eigenvalue weighted by molar-refractivity contribution is -0.127. The van der Waals surface area contributed by atoms with E-state index in [9.17, 15) is 18.8 Å². The van der Waals surface area contributed by atoms with Crippen LogP contribution < -0.4 is 11.2 Å². The van der Waals surface area contributed by atoms with E-state index in [1.165, 1.54) is 45.2 Å². The number of carbonyl (C=O) groups excluding carboxylic acids is 1. The minimum Gasteiger partial charge on any atom is -0.369 e. The van der Waals surface area contributed by atoms with Crippen molar-refractivity contribution >= 4 is 27.3 Å². The molecular weight excluding hydrogens is 571 g/mol. The Morgan fingerprint density at radius 3 is 2.44 bits per heavy atom. The average molecular weight is 609 g/mol. The second kappa shape index (κ2) is 12.7. The Morgan fingerprint density at radius 1 is 1.16 bits per heavy atom. The van der Waals surface area contributed by atoms with E-state index in [1.807, 2.05) is 27.7 Å². The van der Waals surface area contributed by atoms with Crippen LogP contribution in [0.3, 0.4) is 0 Å². The Hall–Kier alpha value is -3.95. The standard InChI is InChI=1S/C31H37FN6O4S/c1-18(2)15-25(39)31(6,7)37-27(40)26-20(5)28(38-34-13-14-35-38)43-29(26)36(30(37)41)17-24(42-19(3)4)23-16-22(32)10-9-21(23)11-12-33-8/h9-10,13-14,16,18-19,24H,11-12,15,17H2,1-7H3. The molecule has 1 aromatic carbocycles. The van der Waals surface area contributed by atoms with Crippen LogP contribution in [0.5, 0.6) is 0 Å². The van der Waals surface area contributed by atoms with Gasteiger partial charge in [-0.25, -0.2) is 20.3 Å². The molecule has 12 heteroatoms. The normalized spacial score (nSPS) is 12.8. The number of hydrogen-bond acceptors (Lipinski definition) is 7. The van der Waals surface area contributed by atoms with Crippen LogP contribution in [0.25, 0.3) is 20.1 Å². The van der Waals surface area contributed by atoms with Gasteiger partial charge in [0.2, 0.25) is 6.54 Å². The molecule has 4 rings (SSSR count). The quantitative estimate of drug-likeness (QED) is 0.204. The molecule has 228 valence electrons. The number of ether oxygens (including phenoxy) is 1. The van der Waals surface area contributed by atoms with Gasteiger partial charge in [-0.3, -0.25) is 14.2 Å². The maximum atomic E-state index is 14.6. The number of nitrogens with zero attached hydrogens (tertiary/aromatic N) is 6. The molecule has 1 atom stereocenters. The summed E-state index contributed by atoms with van der Waals surface area (Å²) >= 11 is 1.19. The third-order valence-electron chi connectivity index (χ3n) is 7.36. The maximum Gasteiger partial charge on any atom is 0.333 e. The van der Waals surface area contributed by atoms with Crippen LogP contribution >= 0.6 is 11.3 Å². The Balaban J connectivity index is 2.04. The van der Waals surface area contributed by atoms with Gasteiger partial charge < -0.3 is 9.58 Å². The zero-order valence-corrected chi connectivity index (χ0v) is 26.4. The van der Waals surface area contributed by atoms with E-state index in [0.29, 0.717) is 27.4 Å². The third kappa shape index (κ3) is 6.38. The molecule has 0 aliphatic rings. The van der Waals surface area contributed by atoms with Crippen molar-refractivity contribution in [2.75, 3.05) is 6.54 Å². The Labute approximate surface area is 253 Å². The summed E-state index contributed by atoms with van der Waals surface area (Å²) in [6.45, 7) is 19.8. The second-order valence-electron chi connectivity index (χ2n) is 11.8. The van der Waals surface area contributed by atoms with Crippen LogP contribution in [0.1, 0.15) is 70.8 Å². The summed E-state index contributed by atoms with van der Waals surface area (Å²) in [5.41, 5.74) is -0.862. The summed E-state index contributed by atoms with van der Waals surface area (Å²) in [6.07, 6.45) is 2.51. The Bertz CT molecular complexity index is 1790. The number of hydrogen-bond donors (Lipinski definition) is 0. The summed E-state index contributed by atoms with van der Waals surface area (Å²) in [6, 6.07) is 4.35. The van der Waals surface area contributed by atoms with Crippen LogP contribution in [0.4, 0.5) is 4.39 Å². The second-order valence-corrected chi connectivity index (χ2v) is 12.8. The molecule has 0 aliphatic carbocycles. The Morgan fingerprint density at radius 2 is 1.84 bits per heavy atom. The van der Waals surface area contributed by atoms with Crippen molar-refractivity contribution in [3.8, 4) is 5.00 Å². The lowest BCUT2D eigenvalue weighted by Crippen LogP contribution is -2.53. The van der Waals surface area contributed by atoms with E-state index >= 15 is 0 Å². The van der Waals surface area contributed by atoms with Gasteiger partial charge in [0.05, 0.1) is 30.4 Å². The molecule has 4 aromatic rings. The van der Waals surface area contributed by atoms with Gasteiger partial charge in [-0.2, -0.15) is 10.2 Å². The fourth-order valence-corrected chi connectivity index (χ4v) is 6.44. The van der Waals surface area contributed by atoms with Crippen LogP contribution in [0.15, 0.2) is 40.2 Å². The zero-order valence-electron chi connectivity index (χ0n) is 25.5. The van der Waals surface area contributed by atoms with Crippen molar-refractivity contribution in [1.82, 2.24) is 24.1 Å². The van der Waals surface area contributed by atoms with E-state index in [0.717, 1.165) is 10.1 Å². The number of Topliss-reactive ketones (excluding diaryl/α,β-unsaturated/α-hetero) is 1. The number of rotatable bonds is 12. The molecule has 0 N–H and O–H groups in total. The minimum atomic E-state index is -1.44. The number of aryl methyl sites for hydroxylation is 1. The van der Waals surface area contributed by atoms with Crippen molar-refractivity contribution in [3.05, 3.63) is 85.4 Å². The summed E-state index contributed by atoms with van der Waals surface area (Å²) in [5.74, 6) is -0.684. The monoisotopic (exact) mass is 608 g/mol. The van der Waals surface area contributed by atoms with Crippen LogP contribution in [0, 0.1) is 25.2 Å². The van der Waals surface area contributed by atoms with Gasteiger partial charge in [0.15, 0.2) is 5.78 Å². The van der Waals surface area contributed by atoms with Gasteiger partial charge in [-0.05, 0) is 63.8 Å². The number of benzene rings is 1. The highest BCUT2D eigenvalue weighted by atomic mass is 32.1. The number of halogens is 1. The minimum absolute atomic E-state index is 0.0273. The molecule has 0 spiro atoms. The molecule has 0 amide bonds. The fraction of sp³-hybridized carbons (Fsp3) is 0.484. The highest BCUT2D eigenvalue weighted by Gasteiger charge is 2.36. The maximum absolute atomic E-state index is 14.6. The topological polar surface area (TPSA) is 105 Å². The number of carbonyl (C=O) groups is 1. The highest BCUT2D eigenvalue weighted by molar-refractivity contribution is 7.21. The van der Waals surface area contributed by atoms with E-state index in [-0.39, 0.29) is 42.7 Å². The van der Waals surface area contributed by atoms with Gasteiger partial charge in [0, 0.05) is 18.4 Å². The number of fused-ring (bicyclic) bond motifs is 1. The summed E-state index contributed by atoms with van der Waals surface area (Å²) in [4.78, 5) is 47.2. The first-order chi connectivity index (χ1) is 20.3.